The summed E-state index contributed by atoms with van der Waals surface area (Å²) in [6, 6.07) is 0.201. The van der Waals surface area contributed by atoms with Crippen molar-refractivity contribution in [1.29, 1.82) is 0 Å². The first-order chi connectivity index (χ1) is 6.06. The summed E-state index contributed by atoms with van der Waals surface area (Å²) in [6.45, 7) is 3.86. The zero-order valence-electron chi connectivity index (χ0n) is 8.12. The fraction of sp³-hybridized carbons (Fsp3) is 1.00. The molecule has 0 bridgehead atoms. The van der Waals surface area contributed by atoms with Gasteiger partial charge in [0.15, 0.2) is 8.03 Å². The molecule has 13 heavy (non-hydrogen) atoms. The van der Waals surface area contributed by atoms with Gasteiger partial charge in [-0.25, -0.2) is 0 Å². The summed E-state index contributed by atoms with van der Waals surface area (Å²) < 4.78 is 22.6. The molecule has 0 aliphatic carbocycles. The molecule has 5 atom stereocenters. The molecule has 1 aliphatic rings. The van der Waals surface area contributed by atoms with E-state index in [1.807, 2.05) is 21.7 Å². The molecule has 0 amide bonds. The number of rotatable bonds is 3. The summed E-state index contributed by atoms with van der Waals surface area (Å²) in [5.41, 5.74) is 0. The van der Waals surface area contributed by atoms with Gasteiger partial charge >= 0.3 is 0 Å². The Balaban J connectivity index is 2.53. The second-order valence-corrected chi connectivity index (χ2v) is 6.42. The summed E-state index contributed by atoms with van der Waals surface area (Å²) in [7, 11) is 0.193. The summed E-state index contributed by atoms with van der Waals surface area (Å²) >= 11 is 2.31. The Kier molecular flexibility index (Phi) is 4.76. The molecule has 0 aromatic carbocycles. The molecule has 1 fully saturated rings. The quantitative estimate of drug-likeness (QED) is 0.338. The van der Waals surface area contributed by atoms with Crippen molar-refractivity contribution >= 4 is 38.5 Å². The lowest BCUT2D eigenvalue weighted by Gasteiger charge is -2.17. The fourth-order valence-electron chi connectivity index (χ4n) is 1.41. The molecule has 1 heterocycles. The van der Waals surface area contributed by atoms with Gasteiger partial charge in [-0.2, -0.15) is 0 Å². The van der Waals surface area contributed by atoms with Crippen molar-refractivity contribution in [1.82, 2.24) is 0 Å². The molecule has 0 aromatic heterocycles. The normalized spacial score (nSPS) is 42.1. The number of ether oxygens (including phenoxy) is 1. The molecule has 0 N–H and O–H groups in total. The zero-order valence-corrected chi connectivity index (χ0v) is 11.3. The molecule has 0 radical (unpaired) electrons. The van der Waals surface area contributed by atoms with Crippen LogP contribution in [0.1, 0.15) is 13.8 Å². The van der Waals surface area contributed by atoms with Gasteiger partial charge < -0.3 is 9.26 Å². The van der Waals surface area contributed by atoms with E-state index in [-0.39, 0.29) is 18.2 Å². The maximum absolute atomic E-state index is 11.3. The highest BCUT2D eigenvalue weighted by atomic mass is 127. The van der Waals surface area contributed by atoms with Gasteiger partial charge in [0.05, 0.1) is 10.0 Å². The van der Waals surface area contributed by atoms with Gasteiger partial charge in [-0.05, 0) is 6.92 Å². The molecule has 0 spiro atoms. The standard InChI is InChI=1S/C7H15BIO3P/c1-3-13(10)12-6-4(2)11-7(8)5(6)9/h4-7,13H,3,8H2,1-2H3/t4?,5?,6-,7?/m0/s1. The van der Waals surface area contributed by atoms with Crippen molar-refractivity contribution in [3.8, 4) is 0 Å². The lowest BCUT2D eigenvalue weighted by atomic mass is 9.96. The lowest BCUT2D eigenvalue weighted by Crippen LogP contribution is -2.27. The number of hydrogen-bond donors (Lipinski definition) is 0. The van der Waals surface area contributed by atoms with Crippen LogP contribution in [0.4, 0.5) is 0 Å². The topological polar surface area (TPSA) is 35.5 Å². The van der Waals surface area contributed by atoms with Gasteiger partial charge in [0.25, 0.3) is 0 Å². The van der Waals surface area contributed by atoms with Crippen LogP contribution >= 0.6 is 30.6 Å². The third-order valence-electron chi connectivity index (χ3n) is 2.21. The molecule has 1 rings (SSSR count). The van der Waals surface area contributed by atoms with Crippen molar-refractivity contribution in [2.45, 2.75) is 36.0 Å². The second-order valence-electron chi connectivity index (χ2n) is 3.30. The summed E-state index contributed by atoms with van der Waals surface area (Å²) in [5, 5.41) is 0. The van der Waals surface area contributed by atoms with Crippen LogP contribution in [0.25, 0.3) is 0 Å². The lowest BCUT2D eigenvalue weighted by molar-refractivity contribution is 0.0585. The highest BCUT2D eigenvalue weighted by Crippen LogP contribution is 2.35. The predicted octanol–water partition coefficient (Wildman–Crippen LogP) is 1.05. The summed E-state index contributed by atoms with van der Waals surface area (Å²) in [6.07, 6.45) is 0.686. The molecule has 0 aromatic rings. The van der Waals surface area contributed by atoms with Crippen LogP contribution < -0.4 is 0 Å². The Bertz CT molecular complexity index is 204. The van der Waals surface area contributed by atoms with E-state index in [0.717, 1.165) is 0 Å². The monoisotopic (exact) mass is 316 g/mol. The van der Waals surface area contributed by atoms with Gasteiger partial charge in [0.1, 0.15) is 14.0 Å². The van der Waals surface area contributed by atoms with Crippen molar-refractivity contribution in [3.05, 3.63) is 0 Å². The Hall–Kier alpha value is 0.945. The van der Waals surface area contributed by atoms with E-state index in [1.54, 1.807) is 0 Å². The van der Waals surface area contributed by atoms with E-state index >= 15 is 0 Å². The Morgan fingerprint density at radius 3 is 2.69 bits per heavy atom. The van der Waals surface area contributed by atoms with Gasteiger partial charge in [0, 0.05) is 12.2 Å². The zero-order chi connectivity index (χ0) is 10.0. The molecular formula is C7H15BIO3P. The minimum atomic E-state index is -1.83. The SMILES string of the molecule is BC1OC(C)[C@H](O[PH](=O)CC)C1I. The van der Waals surface area contributed by atoms with Crippen molar-refractivity contribution in [2.24, 2.45) is 0 Å². The molecule has 6 heteroatoms. The van der Waals surface area contributed by atoms with Gasteiger partial charge in [0.2, 0.25) is 0 Å². The molecule has 1 saturated heterocycles. The van der Waals surface area contributed by atoms with Gasteiger partial charge in [-0.3, -0.25) is 4.57 Å². The van der Waals surface area contributed by atoms with Crippen molar-refractivity contribution < 1.29 is 13.8 Å². The van der Waals surface area contributed by atoms with Crippen LogP contribution in [0, 0.1) is 0 Å². The minimum absolute atomic E-state index is 0.00180. The summed E-state index contributed by atoms with van der Waals surface area (Å²) in [4.78, 5) is 0. The van der Waals surface area contributed by atoms with E-state index in [9.17, 15) is 4.57 Å². The largest absolute Gasteiger partial charge is 0.380 e. The molecular weight excluding hydrogens is 301 g/mol. The van der Waals surface area contributed by atoms with Crippen LogP contribution in [0.2, 0.25) is 0 Å². The third-order valence-corrected chi connectivity index (χ3v) is 5.04. The van der Waals surface area contributed by atoms with E-state index in [0.29, 0.717) is 10.1 Å². The Morgan fingerprint density at radius 1 is 1.69 bits per heavy atom. The predicted molar refractivity (Wildman–Crippen MR) is 65.1 cm³/mol. The van der Waals surface area contributed by atoms with Crippen LogP contribution in [0.15, 0.2) is 0 Å². The molecule has 4 unspecified atom stereocenters. The number of hydrogen-bond acceptors (Lipinski definition) is 3. The highest BCUT2D eigenvalue weighted by Gasteiger charge is 2.39. The van der Waals surface area contributed by atoms with Crippen molar-refractivity contribution in [3.63, 3.8) is 0 Å². The smallest absolute Gasteiger partial charge is 0.191 e. The molecule has 1 aliphatic heterocycles. The van der Waals surface area contributed by atoms with Gasteiger partial charge in [-0.1, -0.05) is 29.5 Å². The number of halogens is 1. The fourth-order valence-corrected chi connectivity index (χ4v) is 3.40. The van der Waals surface area contributed by atoms with Crippen molar-refractivity contribution in [2.75, 3.05) is 6.16 Å². The van der Waals surface area contributed by atoms with Crippen LogP contribution in [0.5, 0.6) is 0 Å². The van der Waals surface area contributed by atoms with E-state index in [4.69, 9.17) is 9.26 Å². The van der Waals surface area contributed by atoms with Crippen LogP contribution in [-0.4, -0.2) is 36.1 Å². The number of alkyl halides is 1. The average molecular weight is 316 g/mol. The highest BCUT2D eigenvalue weighted by molar-refractivity contribution is 14.1. The molecule has 0 saturated carbocycles. The Morgan fingerprint density at radius 2 is 2.31 bits per heavy atom. The first-order valence-corrected chi connectivity index (χ1v) is 7.32. The van der Waals surface area contributed by atoms with Crippen LogP contribution in [0.3, 0.4) is 0 Å². The Labute approximate surface area is 94.4 Å². The first kappa shape index (κ1) is 12.0. The van der Waals surface area contributed by atoms with Gasteiger partial charge in [-0.15, -0.1) is 0 Å². The maximum atomic E-state index is 11.3. The maximum Gasteiger partial charge on any atom is 0.191 e. The second kappa shape index (κ2) is 5.15. The van der Waals surface area contributed by atoms with E-state index in [2.05, 4.69) is 22.6 Å². The van der Waals surface area contributed by atoms with Crippen LogP contribution in [-0.2, 0) is 13.8 Å². The first-order valence-electron chi connectivity index (χ1n) is 4.55. The van der Waals surface area contributed by atoms with E-state index in [1.165, 1.54) is 0 Å². The molecule has 3 nitrogen and oxygen atoms in total. The average Bonchev–Trinajstić information content (AvgIpc) is 2.32. The molecule has 76 valence electrons. The third kappa shape index (κ3) is 2.95. The van der Waals surface area contributed by atoms with E-state index < -0.39 is 8.03 Å². The summed E-state index contributed by atoms with van der Waals surface area (Å²) in [5.74, 6) is 0. The minimum Gasteiger partial charge on any atom is -0.380 e.